The molecule has 0 saturated carbocycles. The number of para-hydroxylation sites is 1. The fraction of sp³-hybridized carbons (Fsp3) is 0.308. The van der Waals surface area contributed by atoms with E-state index in [1.165, 1.54) is 12.3 Å². The summed E-state index contributed by atoms with van der Waals surface area (Å²) in [6, 6.07) is 4.92. The molecule has 1 aromatic heterocycles. The molecule has 1 aromatic carbocycles. The average Bonchev–Trinajstić information content (AvgIpc) is 2.65. The van der Waals surface area contributed by atoms with Crippen molar-refractivity contribution >= 4 is 26.7 Å². The van der Waals surface area contributed by atoms with Crippen molar-refractivity contribution in [3.63, 3.8) is 0 Å². The normalized spacial score (nSPS) is 11.9. The SMILES string of the molecule is CCn1cc(CS(C)(=O)=O)c2cccc(C(=O)O)c21. The van der Waals surface area contributed by atoms with Gasteiger partial charge in [-0.1, -0.05) is 12.1 Å². The van der Waals surface area contributed by atoms with E-state index in [9.17, 15) is 18.3 Å². The number of aryl methyl sites for hydroxylation is 1. The van der Waals surface area contributed by atoms with Crippen LogP contribution in [0.4, 0.5) is 0 Å². The van der Waals surface area contributed by atoms with Gasteiger partial charge in [0.25, 0.3) is 0 Å². The number of fused-ring (bicyclic) bond motifs is 1. The van der Waals surface area contributed by atoms with E-state index in [1.54, 1.807) is 22.9 Å². The first-order valence-corrected chi connectivity index (χ1v) is 7.91. The molecule has 0 atom stereocenters. The molecular formula is C13H15NO4S. The van der Waals surface area contributed by atoms with E-state index in [0.717, 1.165) is 0 Å². The van der Waals surface area contributed by atoms with E-state index in [0.29, 0.717) is 23.0 Å². The van der Waals surface area contributed by atoms with Crippen LogP contribution in [-0.2, 0) is 22.1 Å². The lowest BCUT2D eigenvalue weighted by molar-refractivity contribution is 0.0698. The maximum Gasteiger partial charge on any atom is 0.337 e. The van der Waals surface area contributed by atoms with Gasteiger partial charge >= 0.3 is 5.97 Å². The first-order valence-electron chi connectivity index (χ1n) is 5.85. The third-order valence-electron chi connectivity index (χ3n) is 2.97. The predicted molar refractivity (Wildman–Crippen MR) is 73.1 cm³/mol. The zero-order chi connectivity index (χ0) is 14.2. The summed E-state index contributed by atoms with van der Waals surface area (Å²) in [7, 11) is -3.16. The smallest absolute Gasteiger partial charge is 0.337 e. The molecule has 0 unspecified atom stereocenters. The molecular weight excluding hydrogens is 266 g/mol. The minimum absolute atomic E-state index is 0.0838. The Morgan fingerprint density at radius 3 is 2.58 bits per heavy atom. The Morgan fingerprint density at radius 1 is 1.37 bits per heavy atom. The Hall–Kier alpha value is -1.82. The Morgan fingerprint density at radius 2 is 2.05 bits per heavy atom. The molecule has 0 fully saturated rings. The van der Waals surface area contributed by atoms with Crippen molar-refractivity contribution in [1.82, 2.24) is 4.57 Å². The maximum absolute atomic E-state index is 11.4. The lowest BCUT2D eigenvalue weighted by atomic mass is 10.1. The van der Waals surface area contributed by atoms with Gasteiger partial charge in [0.1, 0.15) is 0 Å². The van der Waals surface area contributed by atoms with Crippen LogP contribution in [0.1, 0.15) is 22.8 Å². The molecule has 102 valence electrons. The second-order valence-electron chi connectivity index (χ2n) is 4.52. The molecule has 0 bridgehead atoms. The van der Waals surface area contributed by atoms with Gasteiger partial charge in [-0.2, -0.15) is 0 Å². The molecule has 0 saturated heterocycles. The van der Waals surface area contributed by atoms with Crippen LogP contribution in [0.3, 0.4) is 0 Å². The van der Waals surface area contributed by atoms with Gasteiger partial charge < -0.3 is 9.67 Å². The second-order valence-corrected chi connectivity index (χ2v) is 6.66. The van der Waals surface area contributed by atoms with Crippen LogP contribution in [0, 0.1) is 0 Å². The second kappa shape index (κ2) is 4.70. The van der Waals surface area contributed by atoms with E-state index < -0.39 is 15.8 Å². The molecule has 0 aliphatic heterocycles. The van der Waals surface area contributed by atoms with Crippen LogP contribution < -0.4 is 0 Å². The third-order valence-corrected chi connectivity index (χ3v) is 3.81. The number of benzene rings is 1. The molecule has 5 nitrogen and oxygen atoms in total. The largest absolute Gasteiger partial charge is 0.478 e. The number of rotatable bonds is 4. The highest BCUT2D eigenvalue weighted by molar-refractivity contribution is 7.89. The molecule has 2 aromatic rings. The highest BCUT2D eigenvalue weighted by atomic mass is 32.2. The van der Waals surface area contributed by atoms with E-state index in [-0.39, 0.29) is 11.3 Å². The van der Waals surface area contributed by atoms with Crippen LogP contribution in [0.5, 0.6) is 0 Å². The number of carboxylic acid groups (broad SMARTS) is 1. The summed E-state index contributed by atoms with van der Waals surface area (Å²) in [6.07, 6.45) is 2.89. The zero-order valence-corrected chi connectivity index (χ0v) is 11.6. The average molecular weight is 281 g/mol. The van der Waals surface area contributed by atoms with Crippen molar-refractivity contribution in [1.29, 1.82) is 0 Å². The van der Waals surface area contributed by atoms with E-state index >= 15 is 0 Å². The summed E-state index contributed by atoms with van der Waals surface area (Å²) in [6.45, 7) is 2.48. The first-order chi connectivity index (χ1) is 8.83. The number of hydrogen-bond donors (Lipinski definition) is 1. The number of hydrogen-bond acceptors (Lipinski definition) is 3. The molecule has 0 radical (unpaired) electrons. The summed E-state index contributed by atoms with van der Waals surface area (Å²) >= 11 is 0. The molecule has 1 N–H and O–H groups in total. The number of carboxylic acids is 1. The number of aromatic nitrogens is 1. The van der Waals surface area contributed by atoms with Crippen LogP contribution in [0.2, 0.25) is 0 Å². The minimum atomic E-state index is -3.16. The summed E-state index contributed by atoms with van der Waals surface area (Å²) < 4.78 is 24.6. The van der Waals surface area contributed by atoms with Crippen molar-refractivity contribution in [3.8, 4) is 0 Å². The summed E-state index contributed by atoms with van der Waals surface area (Å²) in [5.41, 5.74) is 1.41. The Bertz CT molecular complexity index is 743. The lowest BCUT2D eigenvalue weighted by Gasteiger charge is -2.03. The predicted octanol–water partition coefficient (Wildman–Crippen LogP) is 1.90. The quantitative estimate of drug-likeness (QED) is 0.928. The number of nitrogens with zero attached hydrogens (tertiary/aromatic N) is 1. The van der Waals surface area contributed by atoms with Crippen LogP contribution in [0.25, 0.3) is 10.9 Å². The van der Waals surface area contributed by atoms with E-state index in [2.05, 4.69) is 0 Å². The van der Waals surface area contributed by atoms with Crippen LogP contribution >= 0.6 is 0 Å². The van der Waals surface area contributed by atoms with Crippen molar-refractivity contribution < 1.29 is 18.3 Å². The van der Waals surface area contributed by atoms with E-state index in [4.69, 9.17) is 0 Å². The van der Waals surface area contributed by atoms with Crippen LogP contribution in [0.15, 0.2) is 24.4 Å². The Labute approximate surface area is 111 Å². The number of sulfone groups is 1. The number of carbonyl (C=O) groups is 1. The Balaban J connectivity index is 2.76. The standard InChI is InChI=1S/C13H15NO4S/c1-3-14-7-9(8-19(2,17)18)10-5-4-6-11(12(10)14)13(15)16/h4-7H,3,8H2,1-2H3,(H,15,16). The highest BCUT2D eigenvalue weighted by Crippen LogP contribution is 2.26. The molecule has 0 aliphatic rings. The van der Waals surface area contributed by atoms with Gasteiger partial charge in [0.2, 0.25) is 0 Å². The van der Waals surface area contributed by atoms with Crippen molar-refractivity contribution in [2.45, 2.75) is 19.2 Å². The monoisotopic (exact) mass is 281 g/mol. The molecule has 6 heteroatoms. The van der Waals surface area contributed by atoms with Gasteiger partial charge in [-0.05, 0) is 18.6 Å². The first kappa shape index (κ1) is 13.6. The van der Waals surface area contributed by atoms with Gasteiger partial charge in [0.15, 0.2) is 9.84 Å². The fourth-order valence-corrected chi connectivity index (χ4v) is 3.05. The van der Waals surface area contributed by atoms with Gasteiger partial charge in [-0.25, -0.2) is 13.2 Å². The fourth-order valence-electron chi connectivity index (χ4n) is 2.25. The molecule has 0 aliphatic carbocycles. The lowest BCUT2D eigenvalue weighted by Crippen LogP contribution is -2.01. The topological polar surface area (TPSA) is 76.4 Å². The third kappa shape index (κ3) is 2.63. The van der Waals surface area contributed by atoms with Gasteiger partial charge in [-0.15, -0.1) is 0 Å². The minimum Gasteiger partial charge on any atom is -0.478 e. The van der Waals surface area contributed by atoms with Gasteiger partial charge in [0.05, 0.1) is 16.8 Å². The molecule has 0 spiro atoms. The van der Waals surface area contributed by atoms with Crippen molar-refractivity contribution in [3.05, 3.63) is 35.5 Å². The summed E-state index contributed by atoms with van der Waals surface area (Å²) in [4.78, 5) is 11.2. The Kier molecular flexibility index (Phi) is 3.36. The van der Waals surface area contributed by atoms with E-state index in [1.807, 2.05) is 6.92 Å². The zero-order valence-electron chi connectivity index (χ0n) is 10.8. The molecule has 19 heavy (non-hydrogen) atoms. The summed E-state index contributed by atoms with van der Waals surface area (Å²) in [5.74, 6) is -1.09. The molecule has 0 amide bonds. The summed E-state index contributed by atoms with van der Waals surface area (Å²) in [5, 5.41) is 9.90. The number of aromatic carboxylic acids is 1. The van der Waals surface area contributed by atoms with Crippen molar-refractivity contribution in [2.75, 3.05) is 6.26 Å². The molecule has 1 heterocycles. The maximum atomic E-state index is 11.4. The highest BCUT2D eigenvalue weighted by Gasteiger charge is 2.17. The van der Waals surface area contributed by atoms with Gasteiger partial charge in [0, 0.05) is 24.4 Å². The van der Waals surface area contributed by atoms with Crippen LogP contribution in [-0.4, -0.2) is 30.3 Å². The van der Waals surface area contributed by atoms with Gasteiger partial charge in [-0.3, -0.25) is 0 Å². The van der Waals surface area contributed by atoms with Crippen molar-refractivity contribution in [2.24, 2.45) is 0 Å². The molecule has 2 rings (SSSR count).